The van der Waals surface area contributed by atoms with Gasteiger partial charge in [-0.3, -0.25) is 14.6 Å². The lowest BCUT2D eigenvalue weighted by Gasteiger charge is -2.34. The monoisotopic (exact) mass is 378 g/mol. The molecule has 130 valence electrons. The first-order valence-corrected chi connectivity index (χ1v) is 8.50. The Hall–Kier alpha value is -2.31. The van der Waals surface area contributed by atoms with Crippen molar-refractivity contribution in [2.45, 2.75) is 0 Å². The van der Waals surface area contributed by atoms with E-state index in [-0.39, 0.29) is 11.6 Å². The standard InChI is InChI=1S/C17H16Cl2N4O2/c18-13-2-1-3-14(16(13)19)21-17(25)15-10-12(4-5-20-15)23-8-6-22(11-24)7-9-23/h1-5,10-11H,6-9H2,(H,21,25). The first-order valence-electron chi connectivity index (χ1n) is 7.74. The molecule has 3 rings (SSSR count). The Labute approximate surface area is 155 Å². The van der Waals surface area contributed by atoms with Crippen LogP contribution in [0.15, 0.2) is 36.5 Å². The molecule has 6 nitrogen and oxygen atoms in total. The maximum absolute atomic E-state index is 12.5. The zero-order valence-corrected chi connectivity index (χ0v) is 14.8. The van der Waals surface area contributed by atoms with Crippen molar-refractivity contribution in [3.63, 3.8) is 0 Å². The van der Waals surface area contributed by atoms with Crippen molar-refractivity contribution in [1.29, 1.82) is 0 Å². The van der Waals surface area contributed by atoms with Crippen LogP contribution >= 0.6 is 23.2 Å². The zero-order chi connectivity index (χ0) is 17.8. The van der Waals surface area contributed by atoms with Gasteiger partial charge in [0.1, 0.15) is 5.69 Å². The summed E-state index contributed by atoms with van der Waals surface area (Å²) in [6.07, 6.45) is 2.45. The maximum atomic E-state index is 12.5. The Bertz CT molecular complexity index is 792. The van der Waals surface area contributed by atoms with Gasteiger partial charge in [-0.05, 0) is 24.3 Å². The van der Waals surface area contributed by atoms with Crippen LogP contribution in [0.2, 0.25) is 10.0 Å². The van der Waals surface area contributed by atoms with Crippen molar-refractivity contribution in [2.75, 3.05) is 36.4 Å². The largest absolute Gasteiger partial charge is 0.368 e. The van der Waals surface area contributed by atoms with E-state index in [9.17, 15) is 9.59 Å². The van der Waals surface area contributed by atoms with Gasteiger partial charge >= 0.3 is 0 Å². The summed E-state index contributed by atoms with van der Waals surface area (Å²) >= 11 is 12.1. The van der Waals surface area contributed by atoms with Gasteiger partial charge in [-0.25, -0.2) is 0 Å². The lowest BCUT2D eigenvalue weighted by Crippen LogP contribution is -2.45. The lowest BCUT2D eigenvalue weighted by atomic mass is 10.2. The van der Waals surface area contributed by atoms with Crippen LogP contribution < -0.4 is 10.2 Å². The van der Waals surface area contributed by atoms with Gasteiger partial charge < -0.3 is 15.1 Å². The molecule has 1 aromatic heterocycles. The maximum Gasteiger partial charge on any atom is 0.274 e. The molecule has 0 radical (unpaired) electrons. The molecule has 25 heavy (non-hydrogen) atoms. The van der Waals surface area contributed by atoms with E-state index in [1.54, 1.807) is 35.4 Å². The van der Waals surface area contributed by atoms with Crippen LogP contribution in [-0.4, -0.2) is 48.4 Å². The van der Waals surface area contributed by atoms with Gasteiger partial charge in [0.2, 0.25) is 6.41 Å². The van der Waals surface area contributed by atoms with Crippen molar-refractivity contribution in [2.24, 2.45) is 0 Å². The minimum absolute atomic E-state index is 0.284. The predicted molar refractivity (Wildman–Crippen MR) is 98.5 cm³/mol. The molecule has 0 bridgehead atoms. The van der Waals surface area contributed by atoms with E-state index in [1.165, 1.54) is 0 Å². The summed E-state index contributed by atoms with van der Waals surface area (Å²) in [6, 6.07) is 8.61. The minimum atomic E-state index is -0.363. The molecule has 0 saturated carbocycles. The van der Waals surface area contributed by atoms with Crippen LogP contribution in [0.1, 0.15) is 10.5 Å². The molecule has 8 heteroatoms. The highest BCUT2D eigenvalue weighted by atomic mass is 35.5. The van der Waals surface area contributed by atoms with Gasteiger partial charge in [-0.2, -0.15) is 0 Å². The van der Waals surface area contributed by atoms with E-state index in [0.29, 0.717) is 41.9 Å². The fraction of sp³-hybridized carbons (Fsp3) is 0.235. The Morgan fingerprint density at radius 1 is 1.16 bits per heavy atom. The molecule has 1 aliphatic heterocycles. The molecular formula is C17H16Cl2N4O2. The second kappa shape index (κ2) is 7.72. The number of carbonyl (C=O) groups excluding carboxylic acids is 2. The SMILES string of the molecule is O=CN1CCN(c2ccnc(C(=O)Nc3cccc(Cl)c3Cl)c2)CC1. The van der Waals surface area contributed by atoms with Crippen LogP contribution in [-0.2, 0) is 4.79 Å². The van der Waals surface area contributed by atoms with Gasteiger partial charge in [-0.15, -0.1) is 0 Å². The molecule has 1 saturated heterocycles. The molecule has 1 N–H and O–H groups in total. The number of nitrogens with one attached hydrogen (secondary N) is 1. The number of hydrogen-bond acceptors (Lipinski definition) is 4. The van der Waals surface area contributed by atoms with Crippen LogP contribution in [0.4, 0.5) is 11.4 Å². The number of halogens is 2. The molecule has 2 aromatic rings. The number of hydrogen-bond donors (Lipinski definition) is 1. The molecule has 1 fully saturated rings. The van der Waals surface area contributed by atoms with Gasteiger partial charge in [0, 0.05) is 38.1 Å². The van der Waals surface area contributed by atoms with Gasteiger partial charge in [0.25, 0.3) is 5.91 Å². The van der Waals surface area contributed by atoms with E-state index in [4.69, 9.17) is 23.2 Å². The van der Waals surface area contributed by atoms with Gasteiger partial charge in [0.15, 0.2) is 0 Å². The summed E-state index contributed by atoms with van der Waals surface area (Å²) in [5.74, 6) is -0.363. The van der Waals surface area contributed by atoms with Gasteiger partial charge in [-0.1, -0.05) is 29.3 Å². The first-order chi connectivity index (χ1) is 12.1. The molecule has 1 aliphatic rings. The van der Waals surface area contributed by atoms with Crippen LogP contribution in [0.3, 0.4) is 0 Å². The highest BCUT2D eigenvalue weighted by Crippen LogP contribution is 2.29. The topological polar surface area (TPSA) is 65.5 Å². The number of pyridine rings is 1. The van der Waals surface area contributed by atoms with Crippen LogP contribution in [0.5, 0.6) is 0 Å². The van der Waals surface area contributed by atoms with Crippen LogP contribution in [0, 0.1) is 0 Å². The molecule has 2 heterocycles. The van der Waals surface area contributed by atoms with Crippen molar-refractivity contribution < 1.29 is 9.59 Å². The number of anilines is 2. The third-order valence-corrected chi connectivity index (χ3v) is 4.82. The smallest absolute Gasteiger partial charge is 0.274 e. The molecule has 0 aliphatic carbocycles. The van der Waals surface area contributed by atoms with Crippen molar-refractivity contribution in [3.8, 4) is 0 Å². The number of aromatic nitrogens is 1. The highest BCUT2D eigenvalue weighted by Gasteiger charge is 2.18. The zero-order valence-electron chi connectivity index (χ0n) is 13.3. The Morgan fingerprint density at radius 2 is 1.92 bits per heavy atom. The fourth-order valence-corrected chi connectivity index (χ4v) is 2.96. The second-order valence-corrected chi connectivity index (χ2v) is 6.37. The normalized spacial score (nSPS) is 14.3. The van der Waals surface area contributed by atoms with E-state index in [0.717, 1.165) is 12.1 Å². The summed E-state index contributed by atoms with van der Waals surface area (Å²) in [5.41, 5.74) is 1.61. The summed E-state index contributed by atoms with van der Waals surface area (Å²) in [5, 5.41) is 3.38. The third-order valence-electron chi connectivity index (χ3n) is 4.00. The molecular weight excluding hydrogens is 363 g/mol. The number of nitrogens with zero attached hydrogens (tertiary/aromatic N) is 3. The number of piperazine rings is 1. The third kappa shape index (κ3) is 4.03. The molecule has 0 atom stereocenters. The van der Waals surface area contributed by atoms with Crippen LogP contribution in [0.25, 0.3) is 0 Å². The molecule has 1 aromatic carbocycles. The number of carbonyl (C=O) groups is 2. The molecule has 2 amide bonds. The Balaban J connectivity index is 1.74. The van der Waals surface area contributed by atoms with E-state index < -0.39 is 0 Å². The lowest BCUT2D eigenvalue weighted by molar-refractivity contribution is -0.118. The first kappa shape index (κ1) is 17.5. The van der Waals surface area contributed by atoms with Crippen molar-refractivity contribution in [1.82, 2.24) is 9.88 Å². The average Bonchev–Trinajstić information content (AvgIpc) is 2.65. The van der Waals surface area contributed by atoms with Crippen molar-refractivity contribution >= 4 is 46.9 Å². The predicted octanol–water partition coefficient (Wildman–Crippen LogP) is 2.92. The molecule has 0 spiro atoms. The van der Waals surface area contributed by atoms with E-state index in [2.05, 4.69) is 15.2 Å². The highest BCUT2D eigenvalue weighted by molar-refractivity contribution is 6.44. The van der Waals surface area contributed by atoms with E-state index in [1.807, 2.05) is 6.07 Å². The van der Waals surface area contributed by atoms with Gasteiger partial charge in [0.05, 0.1) is 15.7 Å². The summed E-state index contributed by atoms with van der Waals surface area (Å²) in [7, 11) is 0. The summed E-state index contributed by atoms with van der Waals surface area (Å²) < 4.78 is 0. The fourth-order valence-electron chi connectivity index (χ4n) is 2.61. The Morgan fingerprint density at radius 3 is 2.64 bits per heavy atom. The minimum Gasteiger partial charge on any atom is -0.368 e. The summed E-state index contributed by atoms with van der Waals surface area (Å²) in [4.78, 5) is 31.2. The number of rotatable bonds is 4. The molecule has 0 unspecified atom stereocenters. The number of amides is 2. The summed E-state index contributed by atoms with van der Waals surface area (Å²) in [6.45, 7) is 2.74. The quantitative estimate of drug-likeness (QED) is 0.830. The average molecular weight is 379 g/mol. The second-order valence-electron chi connectivity index (χ2n) is 5.58. The number of benzene rings is 1. The van der Waals surface area contributed by atoms with E-state index >= 15 is 0 Å². The van der Waals surface area contributed by atoms with Crippen molar-refractivity contribution in [3.05, 3.63) is 52.3 Å². The Kier molecular flexibility index (Phi) is 5.40.